The van der Waals surface area contributed by atoms with E-state index in [0.717, 1.165) is 0 Å². The highest BCUT2D eigenvalue weighted by molar-refractivity contribution is 5.88. The second-order valence-electron chi connectivity index (χ2n) is 4.46. The minimum atomic E-state index is -1.51. The number of hydrogen-bond acceptors (Lipinski definition) is 3. The van der Waals surface area contributed by atoms with Gasteiger partial charge in [-0.3, -0.25) is 0 Å². The predicted octanol–water partition coefficient (Wildman–Crippen LogP) is 0.821. The minimum Gasteiger partial charge on any atom is -0.545 e. The predicted molar refractivity (Wildman–Crippen MR) is 71.2 cm³/mol. The van der Waals surface area contributed by atoms with Crippen LogP contribution in [0, 0.1) is 0 Å². The van der Waals surface area contributed by atoms with E-state index in [4.69, 9.17) is 5.11 Å². The number of carboxylic acids is 2. The van der Waals surface area contributed by atoms with E-state index < -0.39 is 11.9 Å². The van der Waals surface area contributed by atoms with Gasteiger partial charge < -0.3 is 15.0 Å². The van der Waals surface area contributed by atoms with Gasteiger partial charge in [-0.15, -0.1) is 0 Å². The molecule has 0 fully saturated rings. The van der Waals surface area contributed by atoms with Crippen molar-refractivity contribution in [1.29, 1.82) is 0 Å². The van der Waals surface area contributed by atoms with E-state index in [1.54, 1.807) is 5.71 Å². The number of nitrogens with zero attached hydrogens (tertiary/aromatic N) is 1. The molecule has 0 aliphatic carbocycles. The summed E-state index contributed by atoms with van der Waals surface area (Å²) in [5.41, 5.74) is 1.76. The van der Waals surface area contributed by atoms with Gasteiger partial charge in [0.05, 0.1) is 5.97 Å². The second-order valence-corrected chi connectivity index (χ2v) is 4.46. The average molecular weight is 269 g/mol. The average Bonchev–Trinajstić information content (AvgIpc) is 2.37. The number of carbonyl (C=O) groups excluding carboxylic acids is 1. The molecule has 0 saturated carbocycles. The molecule has 2 rings (SSSR count). The maximum atomic E-state index is 9.53. The molecule has 0 saturated heterocycles. The molecule has 0 amide bonds. The lowest BCUT2D eigenvalue weighted by atomic mass is 9.99. The third-order valence-electron chi connectivity index (χ3n) is 3.10. The molecule has 0 aromatic rings. The number of carboxylic acid groups (broad SMARTS) is 2. The quantitative estimate of drug-likeness (QED) is 0.594. The van der Waals surface area contributed by atoms with Crippen molar-refractivity contribution in [3.63, 3.8) is 0 Å². The van der Waals surface area contributed by atoms with Crippen molar-refractivity contribution in [3.05, 3.63) is 12.2 Å². The van der Waals surface area contributed by atoms with E-state index >= 15 is 0 Å². The fourth-order valence-electron chi connectivity index (χ4n) is 2.27. The van der Waals surface area contributed by atoms with Crippen LogP contribution in [0.25, 0.3) is 0 Å². The molecule has 0 unspecified atom stereocenters. The van der Waals surface area contributed by atoms with E-state index in [2.05, 4.69) is 4.58 Å². The third-order valence-corrected chi connectivity index (χ3v) is 3.10. The first-order valence-electron chi connectivity index (χ1n) is 6.31. The van der Waals surface area contributed by atoms with Gasteiger partial charge in [0, 0.05) is 31.8 Å². The first kappa shape index (κ1) is 17.4. The van der Waals surface area contributed by atoms with Gasteiger partial charge in [0.15, 0.2) is 5.71 Å². The van der Waals surface area contributed by atoms with Crippen LogP contribution in [0.3, 0.4) is 0 Å². The Balaban J connectivity index is 0.000000335. The van der Waals surface area contributed by atoms with E-state index in [1.165, 1.54) is 51.6 Å². The Morgan fingerprint density at radius 3 is 1.89 bits per heavy atom. The molecule has 108 valence electrons. The highest BCUT2D eigenvalue weighted by atomic mass is 16.4. The molecule has 0 radical (unpaired) electrons. The molecule has 0 aromatic heterocycles. The monoisotopic (exact) mass is 269 g/mol. The van der Waals surface area contributed by atoms with Crippen molar-refractivity contribution < 1.29 is 24.4 Å². The summed E-state index contributed by atoms with van der Waals surface area (Å²) in [4.78, 5) is 19.0. The van der Waals surface area contributed by atoms with Crippen molar-refractivity contribution in [2.24, 2.45) is 0 Å². The summed E-state index contributed by atoms with van der Waals surface area (Å²) in [6.07, 6.45) is 9.52. The second kappa shape index (κ2) is 9.30. The minimum absolute atomic E-state index is 0. The lowest BCUT2D eigenvalue weighted by Gasteiger charge is -2.18. The number of hydrogen-bond donors (Lipinski definition) is 1. The summed E-state index contributed by atoms with van der Waals surface area (Å²) in [6.45, 7) is 2.71. The standard InChI is InChI=1S/C9H16N.C4H4O4.CH4/c1-3-7-10-8-4-2-6-9(10)5-1;5-3(6)1-2-4(7)8;/h1-8H2;1-2H,(H,5,6)(H,7,8);1H4/q+1;;/p-1/b;2-1-;. The Morgan fingerprint density at radius 2 is 1.58 bits per heavy atom. The van der Waals surface area contributed by atoms with Crippen LogP contribution in [-0.4, -0.2) is 40.4 Å². The Morgan fingerprint density at radius 1 is 1.05 bits per heavy atom. The van der Waals surface area contributed by atoms with Crippen LogP contribution >= 0.6 is 0 Å². The number of aliphatic carboxylic acids is 2. The van der Waals surface area contributed by atoms with Gasteiger partial charge in [-0.25, -0.2) is 9.37 Å². The summed E-state index contributed by atoms with van der Waals surface area (Å²) in [5.74, 6) is -2.80. The van der Waals surface area contributed by atoms with Crippen molar-refractivity contribution in [2.75, 3.05) is 13.1 Å². The van der Waals surface area contributed by atoms with Crippen LogP contribution in [0.15, 0.2) is 12.2 Å². The zero-order valence-corrected chi connectivity index (χ0v) is 10.4. The van der Waals surface area contributed by atoms with Gasteiger partial charge in [-0.2, -0.15) is 0 Å². The first-order chi connectivity index (χ1) is 8.59. The summed E-state index contributed by atoms with van der Waals surface area (Å²) in [7, 11) is 0. The van der Waals surface area contributed by atoms with Crippen LogP contribution in [-0.2, 0) is 9.59 Å². The largest absolute Gasteiger partial charge is 0.545 e. The summed E-state index contributed by atoms with van der Waals surface area (Å²) >= 11 is 0. The van der Waals surface area contributed by atoms with Crippen molar-refractivity contribution in [1.82, 2.24) is 0 Å². The molecule has 5 heteroatoms. The van der Waals surface area contributed by atoms with Gasteiger partial charge in [0.25, 0.3) is 0 Å². The number of rotatable bonds is 2. The van der Waals surface area contributed by atoms with Crippen LogP contribution in [0.4, 0.5) is 0 Å². The Labute approximate surface area is 114 Å². The van der Waals surface area contributed by atoms with Gasteiger partial charge in [0.1, 0.15) is 13.1 Å². The van der Waals surface area contributed by atoms with Crippen LogP contribution in [0.1, 0.15) is 46.0 Å². The van der Waals surface area contributed by atoms with Gasteiger partial charge in [-0.05, 0) is 18.9 Å². The molecule has 0 atom stereocenters. The lowest BCUT2D eigenvalue weighted by Crippen LogP contribution is -2.30. The van der Waals surface area contributed by atoms with Crippen LogP contribution < -0.4 is 5.11 Å². The SMILES string of the molecule is C.C1CC[N+]2=C(C1)CCCC2.O=C([O-])/C=C\C(=O)O. The molecule has 1 N–H and O–H groups in total. The molecular weight excluding hydrogens is 246 g/mol. The Kier molecular flexibility index (Phi) is 8.49. The van der Waals surface area contributed by atoms with E-state index in [-0.39, 0.29) is 7.43 Å². The highest BCUT2D eigenvalue weighted by Crippen LogP contribution is 2.15. The zero-order valence-electron chi connectivity index (χ0n) is 10.4. The van der Waals surface area contributed by atoms with E-state index in [0.29, 0.717) is 12.2 Å². The topological polar surface area (TPSA) is 80.4 Å². The van der Waals surface area contributed by atoms with Crippen LogP contribution in [0.2, 0.25) is 0 Å². The zero-order chi connectivity index (χ0) is 13.4. The normalized spacial score (nSPS) is 17.9. The lowest BCUT2D eigenvalue weighted by molar-refractivity contribution is -0.538. The van der Waals surface area contributed by atoms with Crippen molar-refractivity contribution >= 4 is 17.7 Å². The van der Waals surface area contributed by atoms with Crippen LogP contribution in [0.5, 0.6) is 0 Å². The maximum Gasteiger partial charge on any atom is 0.328 e. The molecule has 0 spiro atoms. The van der Waals surface area contributed by atoms with E-state index in [9.17, 15) is 14.7 Å². The molecule has 0 aromatic carbocycles. The third kappa shape index (κ3) is 7.39. The Hall–Kier alpha value is -1.65. The fourth-order valence-corrected chi connectivity index (χ4v) is 2.27. The molecular formula is C14H23NO4. The molecule has 19 heavy (non-hydrogen) atoms. The van der Waals surface area contributed by atoms with Crippen molar-refractivity contribution in [2.45, 2.75) is 46.0 Å². The maximum absolute atomic E-state index is 9.53. The smallest absolute Gasteiger partial charge is 0.328 e. The Bertz CT molecular complexity index is 322. The fraction of sp³-hybridized carbons (Fsp3) is 0.643. The molecule has 2 aliphatic heterocycles. The molecule has 0 bridgehead atoms. The molecule has 5 nitrogen and oxygen atoms in total. The van der Waals surface area contributed by atoms with Gasteiger partial charge in [0.2, 0.25) is 0 Å². The van der Waals surface area contributed by atoms with E-state index in [1.807, 2.05) is 0 Å². The molecule has 2 aliphatic rings. The summed E-state index contributed by atoms with van der Waals surface area (Å²) in [5, 5.41) is 17.2. The van der Waals surface area contributed by atoms with Gasteiger partial charge in [-0.1, -0.05) is 7.43 Å². The number of carbonyl (C=O) groups is 2. The summed E-state index contributed by atoms with van der Waals surface area (Å²) < 4.78 is 2.62. The van der Waals surface area contributed by atoms with Gasteiger partial charge >= 0.3 is 5.97 Å². The summed E-state index contributed by atoms with van der Waals surface area (Å²) in [6, 6.07) is 0. The highest BCUT2D eigenvalue weighted by Gasteiger charge is 2.22. The first-order valence-corrected chi connectivity index (χ1v) is 6.31. The molecule has 2 heterocycles. The van der Waals surface area contributed by atoms with Crippen molar-refractivity contribution in [3.8, 4) is 0 Å².